The predicted molar refractivity (Wildman–Crippen MR) is 107 cm³/mol. The van der Waals surface area contributed by atoms with Gasteiger partial charge in [0, 0.05) is 16.7 Å². The lowest BCUT2D eigenvalue weighted by molar-refractivity contribution is -0.219. The van der Waals surface area contributed by atoms with E-state index in [4.69, 9.17) is 5.26 Å². The molecule has 0 bridgehead atoms. The Balaban J connectivity index is 1.78. The SMILES string of the molecule is CC12CC(O)[C@@]3(F)C(C[C@H](F)C4=CC(=O)C=CC43C)C1CCC2(O)C(=O)SCC#N. The van der Waals surface area contributed by atoms with E-state index in [2.05, 4.69) is 0 Å². The average molecular weight is 438 g/mol. The van der Waals surface area contributed by atoms with Crippen LogP contribution in [0.25, 0.3) is 0 Å². The number of nitrogens with zero attached hydrogens (tertiary/aromatic N) is 1. The molecule has 3 fully saturated rings. The molecule has 5 nitrogen and oxygen atoms in total. The van der Waals surface area contributed by atoms with Crippen molar-refractivity contribution >= 4 is 22.7 Å². The largest absolute Gasteiger partial charge is 0.390 e. The smallest absolute Gasteiger partial charge is 0.222 e. The number of hydrogen-bond acceptors (Lipinski definition) is 6. The van der Waals surface area contributed by atoms with Gasteiger partial charge in [-0.2, -0.15) is 5.26 Å². The molecule has 6 unspecified atom stereocenters. The van der Waals surface area contributed by atoms with Crippen LogP contribution in [-0.4, -0.2) is 50.4 Å². The van der Waals surface area contributed by atoms with Gasteiger partial charge in [-0.1, -0.05) is 24.8 Å². The first-order valence-corrected chi connectivity index (χ1v) is 11.2. The monoisotopic (exact) mass is 437 g/mol. The third-order valence-electron chi connectivity index (χ3n) is 8.39. The molecule has 3 saturated carbocycles. The molecule has 30 heavy (non-hydrogen) atoms. The molecule has 0 radical (unpaired) electrons. The summed E-state index contributed by atoms with van der Waals surface area (Å²) in [5.41, 5.74) is -6.62. The Hall–Kier alpha value is -1.56. The van der Waals surface area contributed by atoms with Crippen molar-refractivity contribution in [1.29, 1.82) is 5.26 Å². The maximum absolute atomic E-state index is 16.9. The molecule has 4 aliphatic carbocycles. The number of allylic oxidation sites excluding steroid dienone is 4. The number of hydrogen-bond donors (Lipinski definition) is 2. The van der Waals surface area contributed by atoms with E-state index < -0.39 is 57.1 Å². The normalized spacial score (nSPS) is 49.5. The highest BCUT2D eigenvalue weighted by Crippen LogP contribution is 2.70. The lowest BCUT2D eigenvalue weighted by atomic mass is 9.44. The van der Waals surface area contributed by atoms with Gasteiger partial charge in [-0.15, -0.1) is 0 Å². The zero-order valence-electron chi connectivity index (χ0n) is 16.9. The van der Waals surface area contributed by atoms with Gasteiger partial charge < -0.3 is 10.2 Å². The fourth-order valence-corrected chi connectivity index (χ4v) is 7.53. The molecular formula is C22H25F2NO4S. The summed E-state index contributed by atoms with van der Waals surface area (Å²) in [6.45, 7) is 3.18. The van der Waals surface area contributed by atoms with Crippen molar-refractivity contribution < 1.29 is 28.6 Å². The molecule has 0 heterocycles. The van der Waals surface area contributed by atoms with Crippen molar-refractivity contribution in [2.45, 2.75) is 63.1 Å². The molecule has 162 valence electrons. The standard InChI is InChI=1S/C22H25F2NO4S/c1-19-5-3-12(26)9-15(19)16(23)10-14-13-4-6-21(29,18(28)30-8-7-25)20(13,2)11-17(27)22(14,19)24/h3,5,9,13-14,16-17,27,29H,4,6,8,10-11H2,1-2H3/t13?,14?,16-,17?,19?,20?,21?,22-/m0/s1. The molecule has 0 aliphatic heterocycles. The Morgan fingerprint density at radius 3 is 2.77 bits per heavy atom. The number of ketones is 1. The fourth-order valence-electron chi connectivity index (χ4n) is 6.76. The highest BCUT2D eigenvalue weighted by Gasteiger charge is 2.75. The summed E-state index contributed by atoms with van der Waals surface area (Å²) in [5.74, 6) is -1.97. The molecule has 8 heteroatoms. The molecule has 0 aromatic carbocycles. The van der Waals surface area contributed by atoms with Gasteiger partial charge in [0.05, 0.1) is 17.9 Å². The number of thioether (sulfide) groups is 1. The van der Waals surface area contributed by atoms with Crippen LogP contribution in [0.4, 0.5) is 8.78 Å². The van der Waals surface area contributed by atoms with Gasteiger partial charge >= 0.3 is 0 Å². The highest BCUT2D eigenvalue weighted by atomic mass is 32.2. The second-order valence-corrected chi connectivity index (χ2v) is 10.4. The molecule has 0 aromatic rings. The number of nitriles is 1. The minimum absolute atomic E-state index is 0.0466. The number of carbonyl (C=O) groups excluding carboxylic acids is 2. The molecule has 8 atom stereocenters. The van der Waals surface area contributed by atoms with Crippen molar-refractivity contribution in [3.05, 3.63) is 23.8 Å². The number of rotatable bonds is 2. The summed E-state index contributed by atoms with van der Waals surface area (Å²) in [6, 6.07) is 1.86. The zero-order chi connectivity index (χ0) is 22.1. The van der Waals surface area contributed by atoms with Crippen LogP contribution in [0.15, 0.2) is 23.8 Å². The quantitative estimate of drug-likeness (QED) is 0.689. The highest BCUT2D eigenvalue weighted by molar-refractivity contribution is 8.14. The number of aliphatic hydroxyl groups excluding tert-OH is 1. The first kappa shape index (κ1) is 21.7. The number of fused-ring (bicyclic) bond motifs is 5. The van der Waals surface area contributed by atoms with E-state index >= 15 is 8.78 Å². The summed E-state index contributed by atoms with van der Waals surface area (Å²) >= 11 is 0.717. The van der Waals surface area contributed by atoms with Gasteiger partial charge in [0.25, 0.3) is 0 Å². The summed E-state index contributed by atoms with van der Waals surface area (Å²) in [7, 11) is 0. The lowest BCUT2D eigenvalue weighted by Crippen LogP contribution is -2.70. The van der Waals surface area contributed by atoms with E-state index in [-0.39, 0.29) is 30.6 Å². The minimum atomic E-state index is -2.23. The van der Waals surface area contributed by atoms with Crippen LogP contribution in [0.1, 0.15) is 39.5 Å². The van der Waals surface area contributed by atoms with E-state index in [1.165, 1.54) is 19.1 Å². The molecule has 0 saturated heterocycles. The van der Waals surface area contributed by atoms with Crippen LogP contribution in [0.2, 0.25) is 0 Å². The summed E-state index contributed by atoms with van der Waals surface area (Å²) in [5, 5.41) is 30.7. The van der Waals surface area contributed by atoms with Crippen molar-refractivity contribution in [3.8, 4) is 6.07 Å². The predicted octanol–water partition coefficient (Wildman–Crippen LogP) is 2.82. The Morgan fingerprint density at radius 2 is 2.10 bits per heavy atom. The van der Waals surface area contributed by atoms with Gasteiger partial charge in [-0.25, -0.2) is 8.78 Å². The summed E-state index contributed by atoms with van der Waals surface area (Å²) in [6.07, 6.45) is 0.626. The molecule has 0 amide bonds. The second kappa shape index (κ2) is 6.72. The average Bonchev–Trinajstić information content (AvgIpc) is 2.96. The van der Waals surface area contributed by atoms with Crippen LogP contribution >= 0.6 is 11.8 Å². The number of carbonyl (C=O) groups is 2. The third kappa shape index (κ3) is 2.46. The molecule has 0 aromatic heterocycles. The molecule has 4 rings (SSSR count). The maximum atomic E-state index is 16.9. The topological polar surface area (TPSA) is 98.4 Å². The third-order valence-corrected chi connectivity index (χ3v) is 9.26. The molecule has 4 aliphatic rings. The Morgan fingerprint density at radius 1 is 1.40 bits per heavy atom. The fraction of sp³-hybridized carbons (Fsp3) is 0.682. The van der Waals surface area contributed by atoms with Crippen LogP contribution in [0.3, 0.4) is 0 Å². The Kier molecular flexibility index (Phi) is 4.85. The maximum Gasteiger partial charge on any atom is 0.222 e. The molecule has 0 spiro atoms. The van der Waals surface area contributed by atoms with E-state index in [9.17, 15) is 19.8 Å². The first-order valence-electron chi connectivity index (χ1n) is 10.2. The summed E-state index contributed by atoms with van der Waals surface area (Å²) < 4.78 is 32.1. The van der Waals surface area contributed by atoms with E-state index in [0.29, 0.717) is 6.42 Å². The van der Waals surface area contributed by atoms with Gasteiger partial charge in [-0.3, -0.25) is 9.59 Å². The van der Waals surface area contributed by atoms with Crippen molar-refractivity contribution in [1.82, 2.24) is 0 Å². The summed E-state index contributed by atoms with van der Waals surface area (Å²) in [4.78, 5) is 24.6. The van der Waals surface area contributed by atoms with Crippen molar-refractivity contribution in [2.75, 3.05) is 5.75 Å². The number of alkyl halides is 2. The van der Waals surface area contributed by atoms with Crippen LogP contribution in [0.5, 0.6) is 0 Å². The van der Waals surface area contributed by atoms with Crippen molar-refractivity contribution in [3.63, 3.8) is 0 Å². The van der Waals surface area contributed by atoms with Crippen molar-refractivity contribution in [2.24, 2.45) is 22.7 Å². The van der Waals surface area contributed by atoms with E-state index in [0.717, 1.165) is 17.8 Å². The Bertz CT molecular complexity index is 915. The van der Waals surface area contributed by atoms with Gasteiger partial charge in [0.15, 0.2) is 11.5 Å². The Labute approximate surface area is 178 Å². The zero-order valence-corrected chi connectivity index (χ0v) is 17.7. The van der Waals surface area contributed by atoms with Gasteiger partial charge in [-0.05, 0) is 56.3 Å². The first-order chi connectivity index (χ1) is 14.0. The second-order valence-electron chi connectivity index (χ2n) is 9.49. The number of halogens is 2. The van der Waals surface area contributed by atoms with Gasteiger partial charge in [0.1, 0.15) is 11.8 Å². The van der Waals surface area contributed by atoms with Crippen LogP contribution < -0.4 is 0 Å². The minimum Gasteiger partial charge on any atom is -0.390 e. The van der Waals surface area contributed by atoms with E-state index in [1.54, 1.807) is 6.92 Å². The molecular weight excluding hydrogens is 412 g/mol. The van der Waals surface area contributed by atoms with E-state index in [1.807, 2.05) is 6.07 Å². The molecule has 2 N–H and O–H groups in total. The van der Waals surface area contributed by atoms with Crippen LogP contribution in [-0.2, 0) is 9.59 Å². The number of aliphatic hydroxyl groups is 2. The van der Waals surface area contributed by atoms with Gasteiger partial charge in [0.2, 0.25) is 5.12 Å². The van der Waals surface area contributed by atoms with Crippen LogP contribution in [0, 0.1) is 34.0 Å². The lowest BCUT2D eigenvalue weighted by Gasteiger charge is -2.62.